The summed E-state index contributed by atoms with van der Waals surface area (Å²) < 4.78 is 23.7. The Hall–Kier alpha value is -2.51. The first kappa shape index (κ1) is 15.5. The maximum atomic E-state index is 14.0. The van der Waals surface area contributed by atoms with Gasteiger partial charge in [-0.25, -0.2) is 4.39 Å². The molecule has 0 aromatic heterocycles. The Kier molecular flexibility index (Phi) is 5.13. The Balaban J connectivity index is 2.93. The molecule has 0 saturated heterocycles. The number of benzene rings is 1. The van der Waals surface area contributed by atoms with Crippen LogP contribution in [0.3, 0.4) is 0 Å². The quantitative estimate of drug-likeness (QED) is 0.643. The van der Waals surface area contributed by atoms with Crippen molar-refractivity contribution in [3.05, 3.63) is 17.9 Å². The molecule has 7 nitrogen and oxygen atoms in total. The molecule has 0 fully saturated rings. The van der Waals surface area contributed by atoms with Crippen molar-refractivity contribution in [2.24, 2.45) is 5.92 Å². The predicted molar refractivity (Wildman–Crippen MR) is 66.8 cm³/mol. The van der Waals surface area contributed by atoms with Gasteiger partial charge in [-0.15, -0.1) is 0 Å². The van der Waals surface area contributed by atoms with E-state index < -0.39 is 30.2 Å². The molecule has 0 amide bonds. The lowest BCUT2D eigenvalue weighted by atomic mass is 10.1. The molecule has 1 aromatic rings. The maximum Gasteiger partial charge on any atom is 0.319 e. The van der Waals surface area contributed by atoms with E-state index in [2.05, 4.69) is 5.32 Å². The molecule has 0 unspecified atom stereocenters. The molecular formula is C12H14FNO6. The highest BCUT2D eigenvalue weighted by atomic mass is 19.1. The Morgan fingerprint density at radius 1 is 1.25 bits per heavy atom. The monoisotopic (exact) mass is 287 g/mol. The van der Waals surface area contributed by atoms with E-state index in [0.29, 0.717) is 0 Å². The number of carboxylic acids is 2. The Morgan fingerprint density at radius 2 is 1.85 bits per heavy atom. The van der Waals surface area contributed by atoms with Crippen LogP contribution < -0.4 is 14.8 Å². The average Bonchev–Trinajstić information content (AvgIpc) is 2.39. The number of aliphatic carboxylic acids is 2. The zero-order chi connectivity index (χ0) is 15.3. The first-order valence-corrected chi connectivity index (χ1v) is 5.52. The van der Waals surface area contributed by atoms with Crippen LogP contribution in [-0.2, 0) is 9.59 Å². The van der Waals surface area contributed by atoms with Gasteiger partial charge in [-0.2, -0.15) is 0 Å². The third-order valence-electron chi connectivity index (χ3n) is 2.58. The number of methoxy groups -OCH3 is 2. The second kappa shape index (κ2) is 6.60. The number of carbonyl (C=O) groups is 2. The van der Waals surface area contributed by atoms with E-state index in [1.807, 2.05) is 0 Å². The Bertz CT molecular complexity index is 505. The lowest BCUT2D eigenvalue weighted by molar-refractivity contribution is -0.153. The summed E-state index contributed by atoms with van der Waals surface area (Å²) >= 11 is 0. The molecule has 8 heteroatoms. The van der Waals surface area contributed by atoms with Crippen molar-refractivity contribution in [3.63, 3.8) is 0 Å². The number of carboxylic acid groups (broad SMARTS) is 2. The van der Waals surface area contributed by atoms with Gasteiger partial charge in [-0.05, 0) is 12.1 Å². The van der Waals surface area contributed by atoms with Gasteiger partial charge in [0.05, 0.1) is 19.9 Å². The van der Waals surface area contributed by atoms with Gasteiger partial charge in [0, 0.05) is 6.54 Å². The summed E-state index contributed by atoms with van der Waals surface area (Å²) in [5.74, 6) is -5.47. The van der Waals surface area contributed by atoms with E-state index in [4.69, 9.17) is 19.7 Å². The SMILES string of the molecule is COc1ccc(NCC(C(=O)O)C(=O)O)c(F)c1OC. The molecule has 0 aliphatic carbocycles. The molecule has 20 heavy (non-hydrogen) atoms. The van der Waals surface area contributed by atoms with Crippen LogP contribution in [0.2, 0.25) is 0 Å². The van der Waals surface area contributed by atoms with Gasteiger partial charge in [0.1, 0.15) is 0 Å². The molecule has 0 saturated carbocycles. The molecule has 0 spiro atoms. The van der Waals surface area contributed by atoms with Crippen LogP contribution in [0.1, 0.15) is 0 Å². The number of anilines is 1. The van der Waals surface area contributed by atoms with Gasteiger partial charge in [0.25, 0.3) is 0 Å². The van der Waals surface area contributed by atoms with Crippen molar-refractivity contribution in [2.45, 2.75) is 0 Å². The minimum Gasteiger partial charge on any atom is -0.493 e. The molecule has 0 atom stereocenters. The molecule has 110 valence electrons. The van der Waals surface area contributed by atoms with Gasteiger partial charge in [0.15, 0.2) is 23.2 Å². The molecule has 0 radical (unpaired) electrons. The van der Waals surface area contributed by atoms with E-state index in [1.165, 1.54) is 26.4 Å². The van der Waals surface area contributed by atoms with Crippen molar-refractivity contribution in [3.8, 4) is 11.5 Å². The van der Waals surface area contributed by atoms with Gasteiger partial charge < -0.3 is 25.0 Å². The molecule has 3 N–H and O–H groups in total. The van der Waals surface area contributed by atoms with Gasteiger partial charge in [0.2, 0.25) is 0 Å². The highest BCUT2D eigenvalue weighted by Gasteiger charge is 2.26. The van der Waals surface area contributed by atoms with Crippen LogP contribution in [0.15, 0.2) is 12.1 Å². The summed E-state index contributed by atoms with van der Waals surface area (Å²) in [5.41, 5.74) is -0.0739. The second-order valence-corrected chi connectivity index (χ2v) is 3.77. The average molecular weight is 287 g/mol. The molecule has 0 aliphatic rings. The third kappa shape index (κ3) is 3.28. The van der Waals surface area contributed by atoms with Gasteiger partial charge in [-0.1, -0.05) is 0 Å². The van der Waals surface area contributed by atoms with E-state index in [0.717, 1.165) is 0 Å². The highest BCUT2D eigenvalue weighted by molar-refractivity contribution is 5.93. The summed E-state index contributed by atoms with van der Waals surface area (Å²) in [7, 11) is 2.59. The van der Waals surface area contributed by atoms with Gasteiger partial charge in [-0.3, -0.25) is 9.59 Å². The molecule has 0 heterocycles. The third-order valence-corrected chi connectivity index (χ3v) is 2.58. The van der Waals surface area contributed by atoms with E-state index >= 15 is 0 Å². The van der Waals surface area contributed by atoms with Crippen molar-refractivity contribution >= 4 is 17.6 Å². The number of hydrogen-bond donors (Lipinski definition) is 3. The lowest BCUT2D eigenvalue weighted by Gasteiger charge is -2.14. The molecule has 0 aliphatic heterocycles. The molecule has 1 aromatic carbocycles. The number of hydrogen-bond acceptors (Lipinski definition) is 5. The summed E-state index contributed by atoms with van der Waals surface area (Å²) in [6.07, 6.45) is 0. The topological polar surface area (TPSA) is 105 Å². The van der Waals surface area contributed by atoms with Crippen molar-refractivity contribution < 1.29 is 33.7 Å². The molecule has 1 rings (SSSR count). The van der Waals surface area contributed by atoms with Crippen molar-refractivity contribution in [2.75, 3.05) is 26.1 Å². The fourth-order valence-corrected chi connectivity index (χ4v) is 1.52. The van der Waals surface area contributed by atoms with Crippen LogP contribution >= 0.6 is 0 Å². The predicted octanol–water partition coefficient (Wildman–Crippen LogP) is 1.04. The fraction of sp³-hybridized carbons (Fsp3) is 0.333. The number of ether oxygens (including phenoxy) is 2. The minimum atomic E-state index is -1.68. The molecular weight excluding hydrogens is 273 g/mol. The molecule has 0 bridgehead atoms. The summed E-state index contributed by atoms with van der Waals surface area (Å²) in [4.78, 5) is 21.4. The highest BCUT2D eigenvalue weighted by Crippen LogP contribution is 2.34. The van der Waals surface area contributed by atoms with Crippen molar-refractivity contribution in [1.29, 1.82) is 0 Å². The Morgan fingerprint density at radius 3 is 2.30 bits per heavy atom. The van der Waals surface area contributed by atoms with E-state index in [9.17, 15) is 14.0 Å². The lowest BCUT2D eigenvalue weighted by Crippen LogP contribution is -2.30. The minimum absolute atomic E-state index is 0.0739. The largest absolute Gasteiger partial charge is 0.493 e. The zero-order valence-electron chi connectivity index (χ0n) is 10.8. The van der Waals surface area contributed by atoms with Crippen molar-refractivity contribution in [1.82, 2.24) is 0 Å². The zero-order valence-corrected chi connectivity index (χ0v) is 10.8. The van der Waals surface area contributed by atoms with E-state index in [1.54, 1.807) is 0 Å². The first-order valence-electron chi connectivity index (χ1n) is 5.52. The second-order valence-electron chi connectivity index (χ2n) is 3.77. The fourth-order valence-electron chi connectivity index (χ4n) is 1.52. The van der Waals surface area contributed by atoms with Crippen LogP contribution in [0.5, 0.6) is 11.5 Å². The first-order chi connectivity index (χ1) is 9.42. The van der Waals surface area contributed by atoms with Crippen LogP contribution in [0.4, 0.5) is 10.1 Å². The summed E-state index contributed by atoms with van der Waals surface area (Å²) in [6.45, 7) is -0.461. The normalized spacial score (nSPS) is 10.2. The maximum absolute atomic E-state index is 14.0. The van der Waals surface area contributed by atoms with Crippen LogP contribution in [0, 0.1) is 11.7 Å². The Labute approximate surface area is 113 Å². The smallest absolute Gasteiger partial charge is 0.319 e. The summed E-state index contributed by atoms with van der Waals surface area (Å²) in [5, 5.41) is 19.9. The number of rotatable bonds is 7. The number of nitrogens with one attached hydrogen (secondary N) is 1. The van der Waals surface area contributed by atoms with Crippen LogP contribution in [-0.4, -0.2) is 42.9 Å². The summed E-state index contributed by atoms with van der Waals surface area (Å²) in [6, 6.07) is 2.72. The van der Waals surface area contributed by atoms with Gasteiger partial charge >= 0.3 is 11.9 Å². The van der Waals surface area contributed by atoms with Crippen LogP contribution in [0.25, 0.3) is 0 Å². The van der Waals surface area contributed by atoms with E-state index in [-0.39, 0.29) is 17.2 Å². The standard InChI is InChI=1S/C12H14FNO6/c1-19-8-4-3-7(9(13)10(8)20-2)14-5-6(11(15)16)12(17)18/h3-4,6,14H,5H2,1-2H3,(H,15,16)(H,17,18). The number of halogens is 1.